The van der Waals surface area contributed by atoms with Crippen LogP contribution in [0.4, 0.5) is 5.13 Å². The largest absolute Gasteiger partial charge is 0.371 e. The van der Waals surface area contributed by atoms with Gasteiger partial charge in [0.25, 0.3) is 0 Å². The van der Waals surface area contributed by atoms with E-state index in [0.717, 1.165) is 12.0 Å². The quantitative estimate of drug-likeness (QED) is 0.822. The van der Waals surface area contributed by atoms with Crippen LogP contribution in [0, 0.1) is 5.92 Å². The summed E-state index contributed by atoms with van der Waals surface area (Å²) in [6.07, 6.45) is 1.25. The number of nitrogens with zero attached hydrogens (tertiary/aromatic N) is 1. The van der Waals surface area contributed by atoms with Crippen molar-refractivity contribution in [3.8, 4) is 0 Å². The molecule has 0 bridgehead atoms. The van der Waals surface area contributed by atoms with Crippen LogP contribution in [0.25, 0.3) is 0 Å². The molecule has 2 amide bonds. The molecule has 1 aromatic carbocycles. The third-order valence-corrected chi connectivity index (χ3v) is 6.08. The van der Waals surface area contributed by atoms with Crippen LogP contribution < -0.4 is 10.6 Å². The van der Waals surface area contributed by atoms with E-state index < -0.39 is 5.92 Å². The average molecular weight is 399 g/mol. The summed E-state index contributed by atoms with van der Waals surface area (Å²) in [7, 11) is 0. The number of carbonyl (C=O) groups excluding carboxylic acids is 3. The Balaban J connectivity index is 1.40. The van der Waals surface area contributed by atoms with Gasteiger partial charge in [0.2, 0.25) is 11.8 Å². The summed E-state index contributed by atoms with van der Waals surface area (Å²) in [6.45, 7) is 2.40. The van der Waals surface area contributed by atoms with Crippen molar-refractivity contribution in [1.29, 1.82) is 0 Å². The lowest BCUT2D eigenvalue weighted by Gasteiger charge is -2.27. The van der Waals surface area contributed by atoms with Crippen molar-refractivity contribution in [2.24, 2.45) is 5.92 Å². The Kier molecular flexibility index (Phi) is 5.23. The molecule has 146 valence electrons. The van der Waals surface area contributed by atoms with Gasteiger partial charge in [-0.2, -0.15) is 0 Å². The number of ether oxygens (including phenoxy) is 1. The fourth-order valence-corrected chi connectivity index (χ4v) is 4.69. The van der Waals surface area contributed by atoms with Gasteiger partial charge in [-0.1, -0.05) is 35.6 Å². The number of ketones is 1. The van der Waals surface area contributed by atoms with Gasteiger partial charge in [-0.3, -0.25) is 14.4 Å². The maximum Gasteiger partial charge on any atom is 0.224 e. The molecule has 1 aromatic heterocycles. The highest BCUT2D eigenvalue weighted by atomic mass is 32.1. The summed E-state index contributed by atoms with van der Waals surface area (Å²) in [5.74, 6) is -0.957. The highest BCUT2D eigenvalue weighted by Crippen LogP contribution is 2.32. The van der Waals surface area contributed by atoms with Gasteiger partial charge >= 0.3 is 0 Å². The van der Waals surface area contributed by atoms with Crippen LogP contribution in [0.1, 0.15) is 45.9 Å². The van der Waals surface area contributed by atoms with Gasteiger partial charge in [-0.25, -0.2) is 4.98 Å². The SMILES string of the molecule is CC(=O)Nc1nc2c(s1)C(=O)CC(C(=O)NCC1OCCc3ccccc31)C2. The number of aromatic nitrogens is 1. The highest BCUT2D eigenvalue weighted by Gasteiger charge is 2.33. The number of rotatable bonds is 4. The number of nitrogens with one attached hydrogen (secondary N) is 2. The monoisotopic (exact) mass is 399 g/mol. The average Bonchev–Trinajstić information content (AvgIpc) is 3.08. The Labute approximate surface area is 166 Å². The molecule has 2 aromatic rings. The van der Waals surface area contributed by atoms with E-state index in [1.165, 1.54) is 23.8 Å². The van der Waals surface area contributed by atoms with Crippen LogP contribution in [0.15, 0.2) is 24.3 Å². The molecular weight excluding hydrogens is 378 g/mol. The van der Waals surface area contributed by atoms with Gasteiger partial charge in [0.1, 0.15) is 6.10 Å². The second-order valence-corrected chi connectivity index (χ2v) is 8.06. The number of carbonyl (C=O) groups is 3. The molecule has 0 spiro atoms. The zero-order valence-electron chi connectivity index (χ0n) is 15.5. The van der Waals surface area contributed by atoms with Crippen molar-refractivity contribution in [2.45, 2.75) is 32.3 Å². The molecule has 2 atom stereocenters. The summed E-state index contributed by atoms with van der Waals surface area (Å²) in [5.41, 5.74) is 2.94. The fourth-order valence-electron chi connectivity index (χ4n) is 3.70. The second-order valence-electron chi connectivity index (χ2n) is 7.06. The molecule has 1 aliphatic heterocycles. The molecule has 1 aliphatic carbocycles. The minimum atomic E-state index is -0.453. The molecule has 0 saturated heterocycles. The van der Waals surface area contributed by atoms with Crippen LogP contribution in [0.2, 0.25) is 0 Å². The van der Waals surface area contributed by atoms with Gasteiger partial charge < -0.3 is 15.4 Å². The smallest absolute Gasteiger partial charge is 0.224 e. The lowest BCUT2D eigenvalue weighted by molar-refractivity contribution is -0.125. The van der Waals surface area contributed by atoms with E-state index in [-0.39, 0.29) is 30.1 Å². The van der Waals surface area contributed by atoms with Crippen LogP contribution in [-0.2, 0) is 27.2 Å². The van der Waals surface area contributed by atoms with Crippen LogP contribution in [0.3, 0.4) is 0 Å². The summed E-state index contributed by atoms with van der Waals surface area (Å²) in [5, 5.41) is 5.95. The summed E-state index contributed by atoms with van der Waals surface area (Å²) >= 11 is 1.17. The Morgan fingerprint density at radius 3 is 2.93 bits per heavy atom. The molecule has 2 aliphatic rings. The first-order chi connectivity index (χ1) is 13.5. The van der Waals surface area contributed by atoms with Gasteiger partial charge in [0.15, 0.2) is 10.9 Å². The van der Waals surface area contributed by atoms with Crippen molar-refractivity contribution in [1.82, 2.24) is 10.3 Å². The topological polar surface area (TPSA) is 97.4 Å². The van der Waals surface area contributed by atoms with Crippen LogP contribution in [0.5, 0.6) is 0 Å². The van der Waals surface area contributed by atoms with Gasteiger partial charge in [0, 0.05) is 26.3 Å². The van der Waals surface area contributed by atoms with E-state index in [1.807, 2.05) is 18.2 Å². The second kappa shape index (κ2) is 7.81. The summed E-state index contributed by atoms with van der Waals surface area (Å²) < 4.78 is 5.83. The van der Waals surface area contributed by atoms with E-state index in [1.54, 1.807) is 0 Å². The van der Waals surface area contributed by atoms with Crippen molar-refractivity contribution >= 4 is 34.1 Å². The molecule has 2 heterocycles. The number of Topliss-reactive ketones (excluding diaryl/α,β-unsaturated/α-hetero) is 1. The number of anilines is 1. The van der Waals surface area contributed by atoms with E-state index in [9.17, 15) is 14.4 Å². The number of amides is 2. The highest BCUT2D eigenvalue weighted by molar-refractivity contribution is 7.17. The molecule has 2 unspecified atom stereocenters. The number of thiazole rings is 1. The van der Waals surface area contributed by atoms with Crippen molar-refractivity contribution < 1.29 is 19.1 Å². The molecule has 0 radical (unpaired) electrons. The molecule has 7 nitrogen and oxygen atoms in total. The predicted molar refractivity (Wildman–Crippen MR) is 104 cm³/mol. The first-order valence-corrected chi connectivity index (χ1v) is 10.1. The summed E-state index contributed by atoms with van der Waals surface area (Å²) in [4.78, 5) is 41.2. The van der Waals surface area contributed by atoms with Gasteiger partial charge in [-0.05, 0) is 17.5 Å². The molecule has 4 rings (SSSR count). The van der Waals surface area contributed by atoms with Crippen LogP contribution >= 0.6 is 11.3 Å². The molecule has 2 N–H and O–H groups in total. The Morgan fingerprint density at radius 1 is 1.29 bits per heavy atom. The molecule has 8 heteroatoms. The first-order valence-electron chi connectivity index (χ1n) is 9.29. The minimum Gasteiger partial charge on any atom is -0.371 e. The predicted octanol–water partition coefficient (Wildman–Crippen LogP) is 2.28. The molecule has 0 saturated carbocycles. The van der Waals surface area contributed by atoms with Crippen LogP contribution in [-0.4, -0.2) is 35.7 Å². The van der Waals surface area contributed by atoms with Crippen molar-refractivity contribution in [3.05, 3.63) is 46.0 Å². The van der Waals surface area contributed by atoms with Gasteiger partial charge in [-0.15, -0.1) is 0 Å². The maximum atomic E-state index is 12.7. The Morgan fingerprint density at radius 2 is 2.11 bits per heavy atom. The standard InChI is InChI=1S/C20H21N3O4S/c1-11(24)22-20-23-15-8-13(9-16(25)18(15)28-20)19(26)21-10-17-14-5-3-2-4-12(14)6-7-27-17/h2-5,13,17H,6-10H2,1H3,(H,21,26)(H,22,23,24). The van der Waals surface area contributed by atoms with E-state index in [2.05, 4.69) is 21.7 Å². The van der Waals surface area contributed by atoms with E-state index in [0.29, 0.717) is 35.3 Å². The normalized spacial score (nSPS) is 20.8. The molecular formula is C20H21N3O4S. The lowest BCUT2D eigenvalue weighted by atomic mass is 9.89. The van der Waals surface area contributed by atoms with E-state index in [4.69, 9.17) is 4.74 Å². The minimum absolute atomic E-state index is 0.102. The third-order valence-electron chi connectivity index (χ3n) is 5.03. The number of benzene rings is 1. The zero-order chi connectivity index (χ0) is 19.7. The van der Waals surface area contributed by atoms with E-state index >= 15 is 0 Å². The zero-order valence-corrected chi connectivity index (χ0v) is 16.3. The number of hydrogen-bond donors (Lipinski definition) is 2. The lowest BCUT2D eigenvalue weighted by Crippen LogP contribution is -2.38. The first kappa shape index (κ1) is 18.8. The molecule has 28 heavy (non-hydrogen) atoms. The fraction of sp³-hybridized carbons (Fsp3) is 0.400. The number of hydrogen-bond acceptors (Lipinski definition) is 6. The molecule has 0 fully saturated rings. The summed E-state index contributed by atoms with van der Waals surface area (Å²) in [6, 6.07) is 8.09. The van der Waals surface area contributed by atoms with Gasteiger partial charge in [0.05, 0.1) is 23.1 Å². The van der Waals surface area contributed by atoms with Crippen molar-refractivity contribution in [3.63, 3.8) is 0 Å². The third kappa shape index (κ3) is 3.83. The maximum absolute atomic E-state index is 12.7. The number of fused-ring (bicyclic) bond motifs is 2. The Hall–Kier alpha value is -2.58. The van der Waals surface area contributed by atoms with Crippen molar-refractivity contribution in [2.75, 3.05) is 18.5 Å². The Bertz CT molecular complexity index is 939.